The monoisotopic (exact) mass is 344 g/mol. The Hall–Kier alpha value is -2.26. The van der Waals surface area contributed by atoms with Crippen LogP contribution in [-0.4, -0.2) is 54.4 Å². The van der Waals surface area contributed by atoms with E-state index in [2.05, 4.69) is 15.3 Å². The van der Waals surface area contributed by atoms with Crippen LogP contribution in [0.3, 0.4) is 0 Å². The molecule has 9 heteroatoms. The lowest BCUT2D eigenvalue weighted by molar-refractivity contribution is -0.137. The number of imidazole rings is 1. The first-order chi connectivity index (χ1) is 11.8. The zero-order valence-corrected chi connectivity index (χ0v) is 13.7. The number of carbonyl (C=O) groups excluding carboxylic acids is 1. The van der Waals surface area contributed by atoms with Gasteiger partial charge in [0.1, 0.15) is 0 Å². The lowest BCUT2D eigenvalue weighted by Gasteiger charge is -2.41. The number of hydrogen-bond donors (Lipinski definition) is 0. The molecule has 2 unspecified atom stereocenters. The molecule has 1 fully saturated rings. The molecule has 0 aliphatic carbocycles. The number of piperidine rings is 1. The maximum Gasteiger partial charge on any atom is 0.228 e. The summed E-state index contributed by atoms with van der Waals surface area (Å²) in [7, 11) is 0. The highest BCUT2D eigenvalue weighted by molar-refractivity contribution is 7.15. The summed E-state index contributed by atoms with van der Waals surface area (Å²) in [5, 5.41) is 10.1. The number of ether oxygens (including phenoxy) is 1. The maximum absolute atomic E-state index is 12.7. The summed E-state index contributed by atoms with van der Waals surface area (Å²) in [6.07, 6.45) is 6.88. The highest BCUT2D eigenvalue weighted by Crippen LogP contribution is 2.30. The number of rotatable bonds is 2. The van der Waals surface area contributed by atoms with Gasteiger partial charge < -0.3 is 9.64 Å². The Kier molecular flexibility index (Phi) is 3.17. The Morgan fingerprint density at radius 3 is 3.33 bits per heavy atom. The summed E-state index contributed by atoms with van der Waals surface area (Å²) in [5.41, 5.74) is 1.79. The van der Waals surface area contributed by atoms with Crippen molar-refractivity contribution < 1.29 is 9.53 Å². The van der Waals surface area contributed by atoms with Crippen LogP contribution < -0.4 is 0 Å². The van der Waals surface area contributed by atoms with E-state index in [1.165, 1.54) is 0 Å². The van der Waals surface area contributed by atoms with Crippen molar-refractivity contribution in [2.24, 2.45) is 0 Å². The summed E-state index contributed by atoms with van der Waals surface area (Å²) >= 11 is 1.57. The number of nitrogens with zero attached hydrogens (tertiary/aromatic N) is 6. The minimum Gasteiger partial charge on any atom is -0.370 e. The number of aromatic nitrogens is 5. The van der Waals surface area contributed by atoms with Crippen LogP contribution in [0.1, 0.15) is 23.9 Å². The van der Waals surface area contributed by atoms with E-state index in [-0.39, 0.29) is 18.1 Å². The van der Waals surface area contributed by atoms with E-state index in [1.807, 2.05) is 31.8 Å². The molecular weight excluding hydrogens is 328 g/mol. The van der Waals surface area contributed by atoms with Crippen molar-refractivity contribution in [2.75, 3.05) is 13.1 Å². The minimum atomic E-state index is 0.0550. The molecule has 8 nitrogen and oxygen atoms in total. The number of hydrogen-bond acceptors (Lipinski definition) is 6. The summed E-state index contributed by atoms with van der Waals surface area (Å²) in [6, 6.07) is 0.0550. The van der Waals surface area contributed by atoms with Gasteiger partial charge in [0.15, 0.2) is 4.96 Å². The molecule has 0 bridgehead atoms. The molecule has 24 heavy (non-hydrogen) atoms. The minimum absolute atomic E-state index is 0.0550. The van der Waals surface area contributed by atoms with Gasteiger partial charge in [0, 0.05) is 30.9 Å². The smallest absolute Gasteiger partial charge is 0.228 e. The van der Waals surface area contributed by atoms with Crippen molar-refractivity contribution in [1.29, 1.82) is 0 Å². The molecule has 1 amide bonds. The van der Waals surface area contributed by atoms with Gasteiger partial charge in [-0.05, 0) is 6.42 Å². The van der Waals surface area contributed by atoms with Gasteiger partial charge >= 0.3 is 0 Å². The van der Waals surface area contributed by atoms with Gasteiger partial charge in [-0.2, -0.15) is 0 Å². The van der Waals surface area contributed by atoms with Gasteiger partial charge in [0.2, 0.25) is 5.91 Å². The molecule has 0 saturated carbocycles. The predicted octanol–water partition coefficient (Wildman–Crippen LogP) is 0.902. The van der Waals surface area contributed by atoms with Crippen molar-refractivity contribution in [3.63, 3.8) is 0 Å². The van der Waals surface area contributed by atoms with Crippen molar-refractivity contribution in [1.82, 2.24) is 29.3 Å². The molecule has 0 spiro atoms. The number of thiazole rings is 1. The van der Waals surface area contributed by atoms with Crippen LogP contribution in [0, 0.1) is 0 Å². The van der Waals surface area contributed by atoms with Crippen LogP contribution >= 0.6 is 11.3 Å². The standard InChI is InChI=1S/C15H16N6O2S/c22-14(5-10-7-20-3-4-24-15(20)17-10)19-2-1-13-12(8-19)21-11(9-23-13)6-16-18-21/h3-4,6-7,12-13H,1-2,5,8-9H2. The number of carbonyl (C=O) groups is 1. The zero-order chi connectivity index (χ0) is 16.1. The Labute approximate surface area is 141 Å². The Bertz CT molecular complexity index is 870. The fourth-order valence-corrected chi connectivity index (χ4v) is 4.25. The normalized spacial score (nSPS) is 23.2. The van der Waals surface area contributed by atoms with Crippen LogP contribution in [0.5, 0.6) is 0 Å². The Morgan fingerprint density at radius 1 is 1.46 bits per heavy atom. The van der Waals surface area contributed by atoms with E-state index in [0.29, 0.717) is 26.1 Å². The number of likely N-dealkylation sites (tertiary alicyclic amines) is 1. The first-order valence-corrected chi connectivity index (χ1v) is 8.85. The first kappa shape index (κ1) is 14.1. The van der Waals surface area contributed by atoms with E-state index in [0.717, 1.165) is 22.8 Å². The fourth-order valence-electron chi connectivity index (χ4n) is 3.53. The average molecular weight is 344 g/mol. The molecule has 5 heterocycles. The molecule has 0 radical (unpaired) electrons. The third-order valence-electron chi connectivity index (χ3n) is 4.76. The van der Waals surface area contributed by atoms with Crippen LogP contribution in [0.4, 0.5) is 0 Å². The second-order valence-electron chi connectivity index (χ2n) is 6.22. The van der Waals surface area contributed by atoms with Gasteiger partial charge in [-0.25, -0.2) is 9.67 Å². The summed E-state index contributed by atoms with van der Waals surface area (Å²) in [4.78, 5) is 20.0. The molecule has 0 N–H and O–H groups in total. The van der Waals surface area contributed by atoms with E-state index >= 15 is 0 Å². The predicted molar refractivity (Wildman–Crippen MR) is 85.6 cm³/mol. The van der Waals surface area contributed by atoms with Gasteiger partial charge in [0.25, 0.3) is 0 Å². The topological polar surface area (TPSA) is 77.6 Å². The second kappa shape index (κ2) is 5.38. The van der Waals surface area contributed by atoms with Crippen molar-refractivity contribution in [3.8, 4) is 0 Å². The molecule has 124 valence electrons. The van der Waals surface area contributed by atoms with E-state index in [1.54, 1.807) is 17.5 Å². The highest BCUT2D eigenvalue weighted by Gasteiger charge is 2.37. The van der Waals surface area contributed by atoms with E-state index in [4.69, 9.17) is 4.74 Å². The maximum atomic E-state index is 12.7. The van der Waals surface area contributed by atoms with E-state index in [9.17, 15) is 4.79 Å². The molecule has 2 aliphatic heterocycles. The SMILES string of the molecule is O=C(Cc1cn2ccsc2n1)N1CCC2OCc3cnnn3C2C1. The third-order valence-corrected chi connectivity index (χ3v) is 5.53. The third kappa shape index (κ3) is 2.23. The van der Waals surface area contributed by atoms with Crippen molar-refractivity contribution >= 4 is 22.2 Å². The van der Waals surface area contributed by atoms with Gasteiger partial charge in [-0.15, -0.1) is 16.4 Å². The van der Waals surface area contributed by atoms with Crippen LogP contribution in [0.15, 0.2) is 24.0 Å². The summed E-state index contributed by atoms with van der Waals surface area (Å²) in [6.45, 7) is 1.88. The highest BCUT2D eigenvalue weighted by atomic mass is 32.1. The number of fused-ring (bicyclic) bond motifs is 4. The zero-order valence-electron chi connectivity index (χ0n) is 12.9. The molecule has 5 rings (SSSR count). The molecule has 3 aromatic heterocycles. The lowest BCUT2D eigenvalue weighted by Crippen LogP contribution is -2.50. The molecule has 3 aromatic rings. The molecule has 2 atom stereocenters. The van der Waals surface area contributed by atoms with Crippen LogP contribution in [0.2, 0.25) is 0 Å². The van der Waals surface area contributed by atoms with Crippen LogP contribution in [-0.2, 0) is 22.6 Å². The van der Waals surface area contributed by atoms with Crippen molar-refractivity contribution in [2.45, 2.75) is 31.6 Å². The summed E-state index contributed by atoms with van der Waals surface area (Å²) < 4.78 is 9.76. The van der Waals surface area contributed by atoms with Crippen molar-refractivity contribution in [3.05, 3.63) is 35.4 Å². The van der Waals surface area contributed by atoms with Gasteiger partial charge in [0.05, 0.1) is 42.8 Å². The van der Waals surface area contributed by atoms with Gasteiger partial charge in [-0.1, -0.05) is 5.21 Å². The second-order valence-corrected chi connectivity index (χ2v) is 7.09. The molecule has 1 saturated heterocycles. The summed E-state index contributed by atoms with van der Waals surface area (Å²) in [5.74, 6) is 0.103. The molecule has 0 aromatic carbocycles. The lowest BCUT2D eigenvalue weighted by atomic mass is 10.00. The first-order valence-electron chi connectivity index (χ1n) is 7.97. The number of amides is 1. The Morgan fingerprint density at radius 2 is 2.42 bits per heavy atom. The average Bonchev–Trinajstić information content (AvgIpc) is 3.29. The molecular formula is C15H16N6O2S. The molecule has 2 aliphatic rings. The fraction of sp³-hybridized carbons (Fsp3) is 0.467. The quantitative estimate of drug-likeness (QED) is 0.690. The van der Waals surface area contributed by atoms with Gasteiger partial charge in [-0.3, -0.25) is 9.20 Å². The largest absolute Gasteiger partial charge is 0.370 e. The Balaban J connectivity index is 1.33. The van der Waals surface area contributed by atoms with E-state index < -0.39 is 0 Å². The van der Waals surface area contributed by atoms with Crippen LogP contribution in [0.25, 0.3) is 4.96 Å².